The molecular weight excluding hydrogens is 322 g/mol. The fourth-order valence-corrected chi connectivity index (χ4v) is 4.09. The minimum Gasteiger partial charge on any atom is -0.355 e. The Hall–Kier alpha value is -2.17. The Morgan fingerprint density at radius 3 is 2.35 bits per heavy atom. The van der Waals surface area contributed by atoms with Crippen LogP contribution in [0.5, 0.6) is 0 Å². The molecule has 0 aliphatic carbocycles. The summed E-state index contributed by atoms with van der Waals surface area (Å²) in [6.07, 6.45) is 7.89. The molecule has 1 aromatic heterocycles. The molecule has 2 fully saturated rings. The van der Waals surface area contributed by atoms with Crippen LogP contribution in [-0.4, -0.2) is 41.4 Å². The van der Waals surface area contributed by atoms with Gasteiger partial charge in [0.05, 0.1) is 6.20 Å². The van der Waals surface area contributed by atoms with E-state index in [0.717, 1.165) is 49.8 Å². The van der Waals surface area contributed by atoms with Gasteiger partial charge in [-0.15, -0.1) is 5.10 Å². The standard InChI is InChI=1S/C21H29N5/c1-17-7-11-26(12-8-17)21-23-20(16-22-24-21)25-13-9-19(10-14-25)15-18-5-3-2-4-6-18/h2-6,16-17,19H,7-15H2,1H3. The van der Waals surface area contributed by atoms with E-state index in [-0.39, 0.29) is 0 Å². The lowest BCUT2D eigenvalue weighted by molar-refractivity contribution is 0.401. The molecule has 0 amide bonds. The zero-order valence-electron chi connectivity index (χ0n) is 15.7. The van der Waals surface area contributed by atoms with Gasteiger partial charge in [-0.1, -0.05) is 37.3 Å². The highest BCUT2D eigenvalue weighted by molar-refractivity contribution is 5.42. The molecule has 0 radical (unpaired) electrons. The van der Waals surface area contributed by atoms with Gasteiger partial charge in [-0.05, 0) is 49.5 Å². The third kappa shape index (κ3) is 4.14. The van der Waals surface area contributed by atoms with Crippen LogP contribution in [0, 0.1) is 11.8 Å². The predicted molar refractivity (Wildman–Crippen MR) is 106 cm³/mol. The molecule has 0 unspecified atom stereocenters. The first-order valence-electron chi connectivity index (χ1n) is 10.0. The van der Waals surface area contributed by atoms with Crippen LogP contribution in [0.4, 0.5) is 11.8 Å². The van der Waals surface area contributed by atoms with Crippen LogP contribution in [0.15, 0.2) is 36.5 Å². The average molecular weight is 351 g/mol. The van der Waals surface area contributed by atoms with Crippen molar-refractivity contribution >= 4 is 11.8 Å². The quantitative estimate of drug-likeness (QED) is 0.843. The summed E-state index contributed by atoms with van der Waals surface area (Å²) in [7, 11) is 0. The molecule has 0 N–H and O–H groups in total. The molecule has 2 saturated heterocycles. The van der Waals surface area contributed by atoms with E-state index in [0.29, 0.717) is 0 Å². The Balaban J connectivity index is 1.35. The van der Waals surface area contributed by atoms with Crippen molar-refractivity contribution in [3.63, 3.8) is 0 Å². The number of rotatable bonds is 4. The Bertz CT molecular complexity index is 689. The fourth-order valence-electron chi connectivity index (χ4n) is 4.09. The van der Waals surface area contributed by atoms with Crippen LogP contribution in [0.2, 0.25) is 0 Å². The van der Waals surface area contributed by atoms with E-state index in [2.05, 4.69) is 57.3 Å². The van der Waals surface area contributed by atoms with Crippen molar-refractivity contribution in [2.45, 2.75) is 39.0 Å². The van der Waals surface area contributed by atoms with Gasteiger partial charge in [0.2, 0.25) is 5.95 Å². The number of benzene rings is 1. The van der Waals surface area contributed by atoms with Gasteiger partial charge >= 0.3 is 0 Å². The lowest BCUT2D eigenvalue weighted by atomic mass is 9.90. The molecule has 2 aliphatic heterocycles. The van der Waals surface area contributed by atoms with Crippen LogP contribution in [0.25, 0.3) is 0 Å². The molecule has 2 aliphatic rings. The summed E-state index contributed by atoms with van der Waals surface area (Å²) in [6.45, 7) is 6.54. The van der Waals surface area contributed by atoms with E-state index in [4.69, 9.17) is 4.98 Å². The maximum Gasteiger partial charge on any atom is 0.247 e. The maximum atomic E-state index is 4.83. The lowest BCUT2D eigenvalue weighted by Crippen LogP contribution is -2.37. The number of piperidine rings is 2. The molecule has 0 atom stereocenters. The predicted octanol–water partition coefficient (Wildman–Crippen LogP) is 3.57. The first-order valence-corrected chi connectivity index (χ1v) is 10.0. The molecule has 5 nitrogen and oxygen atoms in total. The molecular formula is C21H29N5. The summed E-state index contributed by atoms with van der Waals surface area (Å²) in [5.74, 6) is 3.38. The fraction of sp³-hybridized carbons (Fsp3) is 0.571. The average Bonchev–Trinajstić information content (AvgIpc) is 2.70. The molecule has 138 valence electrons. The number of aromatic nitrogens is 3. The monoisotopic (exact) mass is 351 g/mol. The van der Waals surface area contributed by atoms with Crippen molar-refractivity contribution < 1.29 is 0 Å². The number of hydrogen-bond acceptors (Lipinski definition) is 5. The summed E-state index contributed by atoms with van der Waals surface area (Å²) >= 11 is 0. The second-order valence-corrected chi connectivity index (χ2v) is 7.90. The van der Waals surface area contributed by atoms with E-state index in [9.17, 15) is 0 Å². The lowest BCUT2D eigenvalue weighted by Gasteiger charge is -2.34. The summed E-state index contributed by atoms with van der Waals surface area (Å²) in [5, 5.41) is 8.54. The van der Waals surface area contributed by atoms with Crippen molar-refractivity contribution in [1.29, 1.82) is 0 Å². The highest BCUT2D eigenvalue weighted by Crippen LogP contribution is 2.26. The van der Waals surface area contributed by atoms with Crippen LogP contribution < -0.4 is 9.80 Å². The minimum absolute atomic E-state index is 0.770. The van der Waals surface area contributed by atoms with E-state index < -0.39 is 0 Å². The van der Waals surface area contributed by atoms with E-state index in [1.807, 2.05) is 6.20 Å². The Morgan fingerprint density at radius 1 is 0.923 bits per heavy atom. The molecule has 2 aromatic rings. The highest BCUT2D eigenvalue weighted by atomic mass is 15.3. The van der Waals surface area contributed by atoms with Gasteiger partial charge < -0.3 is 9.80 Å². The van der Waals surface area contributed by atoms with E-state index >= 15 is 0 Å². The van der Waals surface area contributed by atoms with Gasteiger partial charge in [0.1, 0.15) is 0 Å². The molecule has 26 heavy (non-hydrogen) atoms. The minimum atomic E-state index is 0.770. The molecule has 4 rings (SSSR count). The Labute approximate surface area is 156 Å². The number of hydrogen-bond donors (Lipinski definition) is 0. The van der Waals surface area contributed by atoms with Crippen LogP contribution in [0.3, 0.4) is 0 Å². The van der Waals surface area contributed by atoms with Gasteiger partial charge in [0.15, 0.2) is 5.82 Å². The van der Waals surface area contributed by atoms with Gasteiger partial charge in [-0.2, -0.15) is 10.1 Å². The molecule has 0 spiro atoms. The van der Waals surface area contributed by atoms with Crippen molar-refractivity contribution in [3.8, 4) is 0 Å². The number of anilines is 2. The summed E-state index contributed by atoms with van der Waals surface area (Å²) in [4.78, 5) is 9.50. The van der Waals surface area contributed by atoms with Crippen molar-refractivity contribution in [2.75, 3.05) is 36.0 Å². The van der Waals surface area contributed by atoms with Crippen LogP contribution in [0.1, 0.15) is 38.2 Å². The Morgan fingerprint density at radius 2 is 1.62 bits per heavy atom. The maximum absolute atomic E-state index is 4.83. The van der Waals surface area contributed by atoms with Crippen LogP contribution in [-0.2, 0) is 6.42 Å². The van der Waals surface area contributed by atoms with Crippen molar-refractivity contribution in [1.82, 2.24) is 15.2 Å². The number of nitrogens with zero attached hydrogens (tertiary/aromatic N) is 5. The smallest absolute Gasteiger partial charge is 0.247 e. The first-order chi connectivity index (χ1) is 12.8. The van der Waals surface area contributed by atoms with E-state index in [1.54, 1.807) is 0 Å². The SMILES string of the molecule is CC1CCN(c2nncc(N3CCC(Cc4ccccc4)CC3)n2)CC1. The van der Waals surface area contributed by atoms with Crippen molar-refractivity contribution in [3.05, 3.63) is 42.1 Å². The third-order valence-corrected chi connectivity index (χ3v) is 5.91. The Kier molecular flexibility index (Phi) is 5.32. The zero-order chi connectivity index (χ0) is 17.8. The molecule has 1 aromatic carbocycles. The van der Waals surface area contributed by atoms with Gasteiger partial charge in [-0.3, -0.25) is 0 Å². The zero-order valence-corrected chi connectivity index (χ0v) is 15.7. The highest BCUT2D eigenvalue weighted by Gasteiger charge is 2.23. The first kappa shape index (κ1) is 17.3. The normalized spacial score (nSPS) is 19.7. The topological polar surface area (TPSA) is 45.2 Å². The second kappa shape index (κ2) is 8.02. The van der Waals surface area contributed by atoms with Gasteiger partial charge in [-0.25, -0.2) is 0 Å². The molecule has 5 heteroatoms. The van der Waals surface area contributed by atoms with Crippen molar-refractivity contribution in [2.24, 2.45) is 11.8 Å². The second-order valence-electron chi connectivity index (χ2n) is 7.90. The third-order valence-electron chi connectivity index (χ3n) is 5.91. The summed E-state index contributed by atoms with van der Waals surface area (Å²) < 4.78 is 0. The molecule has 0 bridgehead atoms. The summed E-state index contributed by atoms with van der Waals surface area (Å²) in [6, 6.07) is 10.9. The molecule has 0 saturated carbocycles. The van der Waals surface area contributed by atoms with E-state index in [1.165, 1.54) is 37.7 Å². The van der Waals surface area contributed by atoms with Gasteiger partial charge in [0.25, 0.3) is 0 Å². The van der Waals surface area contributed by atoms with Gasteiger partial charge in [0, 0.05) is 26.2 Å². The largest absolute Gasteiger partial charge is 0.355 e. The molecule has 3 heterocycles. The van der Waals surface area contributed by atoms with Crippen LogP contribution >= 0.6 is 0 Å². The summed E-state index contributed by atoms with van der Waals surface area (Å²) in [5.41, 5.74) is 1.45.